The second kappa shape index (κ2) is 7.13. The monoisotopic (exact) mass is 398 g/mol. The van der Waals surface area contributed by atoms with Gasteiger partial charge in [0.05, 0.1) is 12.5 Å². The third-order valence-electron chi connectivity index (χ3n) is 6.34. The van der Waals surface area contributed by atoms with Crippen molar-refractivity contribution in [3.63, 3.8) is 0 Å². The quantitative estimate of drug-likeness (QED) is 0.470. The zero-order valence-corrected chi connectivity index (χ0v) is 16.7. The Morgan fingerprint density at radius 3 is 2.07 bits per heavy atom. The Bertz CT molecular complexity index is 1090. The molecule has 4 heteroatoms. The molecule has 2 aliphatic rings. The van der Waals surface area contributed by atoms with Gasteiger partial charge >= 0.3 is 11.9 Å². The Morgan fingerprint density at radius 2 is 1.43 bits per heavy atom. The first-order valence-electron chi connectivity index (χ1n) is 10.3. The second-order valence-corrected chi connectivity index (χ2v) is 7.78. The van der Waals surface area contributed by atoms with E-state index in [1.165, 1.54) is 0 Å². The van der Waals surface area contributed by atoms with E-state index < -0.39 is 35.3 Å². The molecule has 4 nitrogen and oxygen atoms in total. The van der Waals surface area contributed by atoms with Gasteiger partial charge in [0.1, 0.15) is 6.10 Å². The van der Waals surface area contributed by atoms with Crippen LogP contribution in [0, 0.1) is 5.41 Å². The molecule has 0 aromatic heterocycles. The molecule has 1 aliphatic carbocycles. The van der Waals surface area contributed by atoms with Crippen LogP contribution in [0.5, 0.6) is 0 Å². The maximum Gasteiger partial charge on any atom is 0.325 e. The van der Waals surface area contributed by atoms with Gasteiger partial charge in [-0.2, -0.15) is 0 Å². The molecule has 1 fully saturated rings. The molecule has 30 heavy (non-hydrogen) atoms. The van der Waals surface area contributed by atoms with Gasteiger partial charge in [0.15, 0.2) is 5.41 Å². The lowest BCUT2D eigenvalue weighted by Gasteiger charge is -2.30. The van der Waals surface area contributed by atoms with Gasteiger partial charge in [-0.25, -0.2) is 0 Å². The van der Waals surface area contributed by atoms with Crippen LogP contribution in [0.1, 0.15) is 47.1 Å². The number of hydrogen-bond acceptors (Lipinski definition) is 4. The standard InChI is InChI=1S/C26H22O4/c1-2-29-24(27)26-21(17-11-5-3-6-12-17)19-15-9-10-16-20(19)22(26)23(30-25(26)28)18-13-7-4-8-14-18/h3-16,21-23H,2H2,1H3/t21-,22+,23?,26+/m1/s1. The highest BCUT2D eigenvalue weighted by atomic mass is 16.6. The van der Waals surface area contributed by atoms with Crippen molar-refractivity contribution in [1.82, 2.24) is 0 Å². The van der Waals surface area contributed by atoms with E-state index in [0.717, 1.165) is 22.3 Å². The third kappa shape index (κ3) is 2.46. The van der Waals surface area contributed by atoms with Gasteiger partial charge in [-0.05, 0) is 29.2 Å². The van der Waals surface area contributed by atoms with Crippen molar-refractivity contribution in [3.05, 3.63) is 107 Å². The number of cyclic esters (lactones) is 1. The summed E-state index contributed by atoms with van der Waals surface area (Å²) in [5.41, 5.74) is 2.30. The van der Waals surface area contributed by atoms with Gasteiger partial charge in [0.2, 0.25) is 0 Å². The molecule has 3 aromatic rings. The smallest absolute Gasteiger partial charge is 0.325 e. The van der Waals surface area contributed by atoms with Gasteiger partial charge in [-0.3, -0.25) is 9.59 Å². The molecular weight excluding hydrogens is 376 g/mol. The van der Waals surface area contributed by atoms with Gasteiger partial charge in [-0.15, -0.1) is 0 Å². The Hall–Kier alpha value is -3.40. The Labute approximate surface area is 175 Å². The first-order chi connectivity index (χ1) is 14.7. The molecule has 1 aliphatic heterocycles. The number of benzene rings is 3. The summed E-state index contributed by atoms with van der Waals surface area (Å²) < 4.78 is 11.5. The first kappa shape index (κ1) is 18.6. The van der Waals surface area contributed by atoms with Crippen LogP contribution in [0.2, 0.25) is 0 Å². The van der Waals surface area contributed by atoms with Crippen LogP contribution in [0.25, 0.3) is 0 Å². The predicted octanol–water partition coefficient (Wildman–Crippen LogP) is 4.76. The van der Waals surface area contributed by atoms with Gasteiger partial charge in [-0.1, -0.05) is 84.9 Å². The maximum atomic E-state index is 13.6. The molecule has 0 saturated carbocycles. The molecule has 1 heterocycles. The molecule has 1 unspecified atom stereocenters. The fourth-order valence-corrected chi connectivity index (χ4v) is 5.22. The average molecular weight is 398 g/mol. The van der Waals surface area contributed by atoms with E-state index in [1.54, 1.807) is 6.92 Å². The average Bonchev–Trinajstić information content (AvgIpc) is 3.26. The van der Waals surface area contributed by atoms with Crippen LogP contribution in [0.3, 0.4) is 0 Å². The lowest BCUT2D eigenvalue weighted by atomic mass is 9.67. The van der Waals surface area contributed by atoms with E-state index in [1.807, 2.05) is 84.9 Å². The number of hydrogen-bond donors (Lipinski definition) is 0. The largest absolute Gasteiger partial charge is 0.465 e. The van der Waals surface area contributed by atoms with Crippen LogP contribution >= 0.6 is 0 Å². The minimum Gasteiger partial charge on any atom is -0.465 e. The van der Waals surface area contributed by atoms with Gasteiger partial charge < -0.3 is 9.47 Å². The molecule has 0 bridgehead atoms. The summed E-state index contributed by atoms with van der Waals surface area (Å²) >= 11 is 0. The summed E-state index contributed by atoms with van der Waals surface area (Å²) in [5.74, 6) is -1.93. The minimum atomic E-state index is -1.44. The minimum absolute atomic E-state index is 0.203. The van der Waals surface area contributed by atoms with E-state index in [9.17, 15) is 9.59 Å². The SMILES string of the molecule is CCOC(=O)[C@@]12C(=O)OC(c3ccccc3)[C@@H]1c1ccccc1[C@H]2c1ccccc1. The number of rotatable bonds is 4. The zero-order valence-electron chi connectivity index (χ0n) is 16.7. The molecule has 1 saturated heterocycles. The van der Waals surface area contributed by atoms with Crippen LogP contribution in [0.15, 0.2) is 84.9 Å². The topological polar surface area (TPSA) is 52.6 Å². The predicted molar refractivity (Wildman–Crippen MR) is 112 cm³/mol. The summed E-state index contributed by atoms with van der Waals surface area (Å²) in [4.78, 5) is 27.2. The summed E-state index contributed by atoms with van der Waals surface area (Å²) in [6, 6.07) is 27.3. The fourth-order valence-electron chi connectivity index (χ4n) is 5.22. The van der Waals surface area contributed by atoms with Crippen molar-refractivity contribution in [1.29, 1.82) is 0 Å². The summed E-state index contributed by atoms with van der Waals surface area (Å²) in [6.07, 6.45) is -0.544. The van der Waals surface area contributed by atoms with E-state index in [4.69, 9.17) is 9.47 Å². The van der Waals surface area contributed by atoms with Crippen LogP contribution < -0.4 is 0 Å². The summed E-state index contributed by atoms with van der Waals surface area (Å²) in [7, 11) is 0. The number of carbonyl (C=O) groups excluding carboxylic acids is 2. The molecule has 0 spiro atoms. The molecule has 5 rings (SSSR count). The van der Waals surface area contributed by atoms with E-state index in [0.29, 0.717) is 0 Å². The first-order valence-corrected chi connectivity index (χ1v) is 10.3. The lowest BCUT2D eigenvalue weighted by Crippen LogP contribution is -2.43. The highest BCUT2D eigenvalue weighted by Crippen LogP contribution is 2.67. The number of carbonyl (C=O) groups is 2. The van der Waals surface area contributed by atoms with Crippen LogP contribution in [-0.2, 0) is 19.1 Å². The zero-order chi connectivity index (χ0) is 20.7. The van der Waals surface area contributed by atoms with Crippen molar-refractivity contribution in [2.45, 2.75) is 24.9 Å². The van der Waals surface area contributed by atoms with Crippen molar-refractivity contribution in [2.24, 2.45) is 5.41 Å². The molecule has 0 N–H and O–H groups in total. The number of fused-ring (bicyclic) bond motifs is 3. The van der Waals surface area contributed by atoms with Crippen molar-refractivity contribution < 1.29 is 19.1 Å². The van der Waals surface area contributed by atoms with Crippen LogP contribution in [-0.4, -0.2) is 18.5 Å². The van der Waals surface area contributed by atoms with E-state index >= 15 is 0 Å². The maximum absolute atomic E-state index is 13.6. The normalized spacial score (nSPS) is 26.6. The molecule has 3 aromatic carbocycles. The van der Waals surface area contributed by atoms with Crippen molar-refractivity contribution >= 4 is 11.9 Å². The van der Waals surface area contributed by atoms with Gasteiger partial charge in [0, 0.05) is 5.92 Å². The van der Waals surface area contributed by atoms with Crippen molar-refractivity contribution in [2.75, 3.05) is 6.61 Å². The second-order valence-electron chi connectivity index (χ2n) is 7.78. The summed E-state index contributed by atoms with van der Waals surface area (Å²) in [5, 5.41) is 0. The fraction of sp³-hybridized carbons (Fsp3) is 0.231. The molecule has 0 radical (unpaired) electrons. The molecular formula is C26H22O4. The number of esters is 2. The number of ether oxygens (including phenoxy) is 2. The Balaban J connectivity index is 1.79. The third-order valence-corrected chi connectivity index (χ3v) is 6.34. The Morgan fingerprint density at radius 1 is 0.867 bits per heavy atom. The van der Waals surface area contributed by atoms with Gasteiger partial charge in [0.25, 0.3) is 0 Å². The Kier molecular flexibility index (Phi) is 4.43. The van der Waals surface area contributed by atoms with Crippen molar-refractivity contribution in [3.8, 4) is 0 Å². The summed E-state index contributed by atoms with van der Waals surface area (Å²) in [6.45, 7) is 1.96. The van der Waals surface area contributed by atoms with Crippen LogP contribution in [0.4, 0.5) is 0 Å². The molecule has 0 amide bonds. The lowest BCUT2D eigenvalue weighted by molar-refractivity contribution is -0.166. The van der Waals surface area contributed by atoms with E-state index in [2.05, 4.69) is 0 Å². The highest BCUT2D eigenvalue weighted by Gasteiger charge is 2.72. The van der Waals surface area contributed by atoms with E-state index in [-0.39, 0.29) is 6.61 Å². The molecule has 4 atom stereocenters. The highest BCUT2D eigenvalue weighted by molar-refractivity contribution is 6.06. The molecule has 150 valence electrons.